The fraction of sp³-hybridized carbons (Fsp3) is 0.857. The summed E-state index contributed by atoms with van der Waals surface area (Å²) in [4.78, 5) is 0. The van der Waals surface area contributed by atoms with E-state index in [9.17, 15) is 5.11 Å². The van der Waals surface area contributed by atoms with Crippen LogP contribution >= 0.6 is 0 Å². The molecule has 0 bridgehead atoms. The van der Waals surface area contributed by atoms with Crippen molar-refractivity contribution in [2.75, 3.05) is 19.7 Å². The molecule has 6 heteroatoms. The molecule has 20 heavy (non-hydrogen) atoms. The van der Waals surface area contributed by atoms with Crippen molar-refractivity contribution in [1.82, 2.24) is 20.3 Å². The van der Waals surface area contributed by atoms with Crippen LogP contribution in [0.5, 0.6) is 0 Å². The summed E-state index contributed by atoms with van der Waals surface area (Å²) in [5.74, 6) is 0.832. The zero-order valence-electron chi connectivity index (χ0n) is 12.2. The molecule has 0 aromatic carbocycles. The van der Waals surface area contributed by atoms with Crippen LogP contribution in [0.1, 0.15) is 32.6 Å². The molecule has 1 aromatic heterocycles. The van der Waals surface area contributed by atoms with E-state index in [1.165, 1.54) is 12.8 Å². The molecule has 0 radical (unpaired) electrons. The summed E-state index contributed by atoms with van der Waals surface area (Å²) in [6, 6.07) is 0. The van der Waals surface area contributed by atoms with Crippen molar-refractivity contribution in [3.63, 3.8) is 0 Å². The molecule has 0 amide bonds. The maximum atomic E-state index is 9.87. The molecule has 0 spiro atoms. The van der Waals surface area contributed by atoms with Crippen LogP contribution in [0.2, 0.25) is 0 Å². The Morgan fingerprint density at radius 1 is 1.40 bits per heavy atom. The minimum atomic E-state index is -0.440. The van der Waals surface area contributed by atoms with Gasteiger partial charge in [0.2, 0.25) is 0 Å². The predicted octanol–water partition coefficient (Wildman–Crippen LogP) is 0.824. The van der Waals surface area contributed by atoms with Gasteiger partial charge in [0.15, 0.2) is 0 Å². The van der Waals surface area contributed by atoms with Crippen molar-refractivity contribution in [3.8, 4) is 0 Å². The Morgan fingerprint density at radius 3 is 2.90 bits per heavy atom. The zero-order valence-corrected chi connectivity index (χ0v) is 12.2. The molecule has 1 fully saturated rings. The number of nitrogens with one attached hydrogen (secondary N) is 1. The van der Waals surface area contributed by atoms with Gasteiger partial charge in [-0.1, -0.05) is 12.1 Å². The lowest BCUT2D eigenvalue weighted by molar-refractivity contribution is -0.0277. The second-order valence-corrected chi connectivity index (χ2v) is 5.74. The molecule has 2 rings (SSSR count). The summed E-state index contributed by atoms with van der Waals surface area (Å²) < 4.78 is 7.54. The van der Waals surface area contributed by atoms with Gasteiger partial charge in [0, 0.05) is 19.3 Å². The molecule has 2 N–H and O–H groups in total. The highest BCUT2D eigenvalue weighted by atomic mass is 16.5. The summed E-state index contributed by atoms with van der Waals surface area (Å²) in [5.41, 5.74) is 0. The molecule has 1 aromatic rings. The Bertz CT molecular complexity index is 350. The number of aliphatic hydroxyl groups excluding tert-OH is 1. The van der Waals surface area contributed by atoms with E-state index in [0.29, 0.717) is 19.3 Å². The van der Waals surface area contributed by atoms with Gasteiger partial charge in [-0.15, -0.1) is 5.10 Å². The van der Waals surface area contributed by atoms with Crippen molar-refractivity contribution in [3.05, 3.63) is 12.4 Å². The Kier molecular flexibility index (Phi) is 6.42. The first-order valence-corrected chi connectivity index (χ1v) is 7.58. The fourth-order valence-corrected chi connectivity index (χ4v) is 2.52. The van der Waals surface area contributed by atoms with E-state index < -0.39 is 6.10 Å². The number of rotatable bonds is 8. The first-order valence-electron chi connectivity index (χ1n) is 7.58. The van der Waals surface area contributed by atoms with E-state index in [1.807, 2.05) is 6.20 Å². The van der Waals surface area contributed by atoms with E-state index >= 15 is 0 Å². The average Bonchev–Trinajstić information content (AvgIpc) is 2.96. The van der Waals surface area contributed by atoms with Crippen LogP contribution in [0.15, 0.2) is 12.4 Å². The van der Waals surface area contributed by atoms with Crippen LogP contribution in [0.3, 0.4) is 0 Å². The second kappa shape index (κ2) is 8.34. The van der Waals surface area contributed by atoms with E-state index in [-0.39, 0.29) is 0 Å². The van der Waals surface area contributed by atoms with E-state index in [2.05, 4.69) is 22.6 Å². The molecule has 0 saturated heterocycles. The number of hydrogen-bond donors (Lipinski definition) is 2. The molecule has 114 valence electrons. The summed E-state index contributed by atoms with van der Waals surface area (Å²) in [5, 5.41) is 20.7. The normalized spacial score (nSPS) is 24.7. The van der Waals surface area contributed by atoms with Gasteiger partial charge in [0.1, 0.15) is 0 Å². The quantitative estimate of drug-likeness (QED) is 0.691. The smallest absolute Gasteiger partial charge is 0.0897 e. The minimum Gasteiger partial charge on any atom is -0.389 e. The predicted molar refractivity (Wildman–Crippen MR) is 76.3 cm³/mol. The van der Waals surface area contributed by atoms with E-state index in [4.69, 9.17) is 4.74 Å². The van der Waals surface area contributed by atoms with Gasteiger partial charge in [0.25, 0.3) is 0 Å². The molecule has 6 nitrogen and oxygen atoms in total. The molecule has 1 aliphatic rings. The standard InChI is InChI=1S/C14H26N4O2/c1-12-2-4-14(5-3-12)20-11-13(19)10-15-6-8-18-9-7-16-17-18/h7,9,12-15,19H,2-6,8,10-11H2,1H3. The van der Waals surface area contributed by atoms with Gasteiger partial charge in [-0.2, -0.15) is 0 Å². The van der Waals surface area contributed by atoms with Crippen LogP contribution in [0, 0.1) is 5.92 Å². The number of aromatic nitrogens is 3. The molecule has 1 saturated carbocycles. The molecular formula is C14H26N4O2. The lowest BCUT2D eigenvalue weighted by atomic mass is 9.89. The minimum absolute atomic E-state index is 0.344. The van der Waals surface area contributed by atoms with Gasteiger partial charge in [-0.25, -0.2) is 0 Å². The highest BCUT2D eigenvalue weighted by molar-refractivity contribution is 4.71. The Hall–Kier alpha value is -0.980. The summed E-state index contributed by atoms with van der Waals surface area (Å²) in [6.07, 6.45) is 8.15. The Morgan fingerprint density at radius 2 is 2.20 bits per heavy atom. The highest BCUT2D eigenvalue weighted by Gasteiger charge is 2.19. The van der Waals surface area contributed by atoms with Crippen molar-refractivity contribution < 1.29 is 9.84 Å². The van der Waals surface area contributed by atoms with E-state index in [0.717, 1.165) is 31.8 Å². The SMILES string of the molecule is CC1CCC(OCC(O)CNCCn2ccnn2)CC1. The van der Waals surface area contributed by atoms with Gasteiger partial charge in [-0.05, 0) is 31.6 Å². The highest BCUT2D eigenvalue weighted by Crippen LogP contribution is 2.25. The number of nitrogens with zero attached hydrogens (tertiary/aromatic N) is 3. The molecule has 1 atom stereocenters. The maximum Gasteiger partial charge on any atom is 0.0897 e. The number of aliphatic hydroxyl groups is 1. The summed E-state index contributed by atoms with van der Waals surface area (Å²) >= 11 is 0. The monoisotopic (exact) mass is 282 g/mol. The lowest BCUT2D eigenvalue weighted by Crippen LogP contribution is -2.34. The largest absolute Gasteiger partial charge is 0.389 e. The maximum absolute atomic E-state index is 9.87. The van der Waals surface area contributed by atoms with Crippen molar-refractivity contribution >= 4 is 0 Å². The third-order valence-electron chi connectivity index (χ3n) is 3.86. The van der Waals surface area contributed by atoms with Crippen LogP contribution in [-0.4, -0.2) is 52.0 Å². The first kappa shape index (κ1) is 15.4. The third-order valence-corrected chi connectivity index (χ3v) is 3.86. The van der Waals surface area contributed by atoms with Gasteiger partial charge in [-0.3, -0.25) is 4.68 Å². The second-order valence-electron chi connectivity index (χ2n) is 5.74. The summed E-state index contributed by atoms with van der Waals surface area (Å²) in [6.45, 7) is 4.80. The topological polar surface area (TPSA) is 72.2 Å². The van der Waals surface area contributed by atoms with Crippen LogP contribution in [0.25, 0.3) is 0 Å². The molecule has 1 aliphatic carbocycles. The molecule has 0 aliphatic heterocycles. The third kappa shape index (κ3) is 5.56. The molecule has 1 unspecified atom stereocenters. The lowest BCUT2D eigenvalue weighted by Gasteiger charge is -2.27. The van der Waals surface area contributed by atoms with Crippen LogP contribution in [0.4, 0.5) is 0 Å². The first-order chi connectivity index (χ1) is 9.74. The number of hydrogen-bond acceptors (Lipinski definition) is 5. The van der Waals surface area contributed by atoms with Crippen molar-refractivity contribution in [2.24, 2.45) is 5.92 Å². The van der Waals surface area contributed by atoms with Gasteiger partial charge < -0.3 is 15.2 Å². The van der Waals surface area contributed by atoms with Crippen LogP contribution in [-0.2, 0) is 11.3 Å². The Balaban J connectivity index is 1.49. The van der Waals surface area contributed by atoms with Gasteiger partial charge in [0.05, 0.1) is 31.6 Å². The van der Waals surface area contributed by atoms with Crippen molar-refractivity contribution in [2.45, 2.75) is 51.4 Å². The van der Waals surface area contributed by atoms with E-state index in [1.54, 1.807) is 10.9 Å². The Labute approximate surface area is 120 Å². The zero-order chi connectivity index (χ0) is 14.2. The molecular weight excluding hydrogens is 256 g/mol. The molecule has 1 heterocycles. The van der Waals surface area contributed by atoms with Crippen LogP contribution < -0.4 is 5.32 Å². The van der Waals surface area contributed by atoms with Gasteiger partial charge >= 0.3 is 0 Å². The summed E-state index contributed by atoms with van der Waals surface area (Å²) in [7, 11) is 0. The fourth-order valence-electron chi connectivity index (χ4n) is 2.52. The number of ether oxygens (including phenoxy) is 1. The van der Waals surface area contributed by atoms with Crippen molar-refractivity contribution in [1.29, 1.82) is 0 Å². The average molecular weight is 282 g/mol.